The maximum Gasteiger partial charge on any atom is 0.223 e. The van der Waals surface area contributed by atoms with Gasteiger partial charge in [0, 0.05) is 18.3 Å². The van der Waals surface area contributed by atoms with Gasteiger partial charge < -0.3 is 5.32 Å². The summed E-state index contributed by atoms with van der Waals surface area (Å²) in [5, 5.41) is 3.05. The van der Waals surface area contributed by atoms with Crippen LogP contribution < -0.4 is 5.32 Å². The zero-order valence-corrected chi connectivity index (χ0v) is 9.87. The SMILES string of the molecule is CCNc1nccc(-c2ccc(F)cc2C)n1. The predicted molar refractivity (Wildman–Crippen MR) is 66.3 cm³/mol. The van der Waals surface area contributed by atoms with Crippen molar-refractivity contribution < 1.29 is 4.39 Å². The number of nitrogens with one attached hydrogen (secondary N) is 1. The molecule has 1 heterocycles. The summed E-state index contributed by atoms with van der Waals surface area (Å²) in [6, 6.07) is 6.51. The van der Waals surface area contributed by atoms with Crippen LogP contribution in [0.2, 0.25) is 0 Å². The molecule has 0 unspecified atom stereocenters. The molecule has 2 aromatic rings. The van der Waals surface area contributed by atoms with Gasteiger partial charge in [0.25, 0.3) is 0 Å². The molecule has 0 amide bonds. The first-order chi connectivity index (χ1) is 8.20. The minimum Gasteiger partial charge on any atom is -0.354 e. The maximum absolute atomic E-state index is 13.0. The lowest BCUT2D eigenvalue weighted by Gasteiger charge is -2.07. The Balaban J connectivity index is 2.42. The molecule has 0 saturated heterocycles. The van der Waals surface area contributed by atoms with E-state index in [0.717, 1.165) is 23.4 Å². The Morgan fingerprint density at radius 1 is 1.29 bits per heavy atom. The molecule has 88 valence electrons. The van der Waals surface area contributed by atoms with Crippen LogP contribution in [0.3, 0.4) is 0 Å². The van der Waals surface area contributed by atoms with Crippen LogP contribution in [0.25, 0.3) is 11.3 Å². The van der Waals surface area contributed by atoms with Crippen LogP contribution in [0, 0.1) is 12.7 Å². The average Bonchev–Trinajstić information content (AvgIpc) is 2.29. The molecule has 0 fully saturated rings. The van der Waals surface area contributed by atoms with Gasteiger partial charge in [-0.3, -0.25) is 0 Å². The highest BCUT2D eigenvalue weighted by molar-refractivity contribution is 5.64. The third-order valence-electron chi connectivity index (χ3n) is 2.45. The molecule has 4 heteroatoms. The molecule has 1 aromatic heterocycles. The first-order valence-electron chi connectivity index (χ1n) is 5.54. The standard InChI is InChI=1S/C13H14FN3/c1-3-15-13-16-7-6-12(17-13)11-5-4-10(14)8-9(11)2/h4-8H,3H2,1-2H3,(H,15,16,17). The van der Waals surface area contributed by atoms with Crippen molar-refractivity contribution in [2.24, 2.45) is 0 Å². The van der Waals surface area contributed by atoms with Gasteiger partial charge in [0.15, 0.2) is 0 Å². The zero-order chi connectivity index (χ0) is 12.3. The van der Waals surface area contributed by atoms with Gasteiger partial charge in [0.2, 0.25) is 5.95 Å². The van der Waals surface area contributed by atoms with Gasteiger partial charge >= 0.3 is 0 Å². The van der Waals surface area contributed by atoms with Gasteiger partial charge in [-0.25, -0.2) is 14.4 Å². The fraction of sp³-hybridized carbons (Fsp3) is 0.231. The normalized spacial score (nSPS) is 10.3. The van der Waals surface area contributed by atoms with Gasteiger partial charge in [-0.2, -0.15) is 0 Å². The van der Waals surface area contributed by atoms with E-state index in [9.17, 15) is 4.39 Å². The fourth-order valence-corrected chi connectivity index (χ4v) is 1.67. The number of hydrogen-bond acceptors (Lipinski definition) is 3. The first-order valence-corrected chi connectivity index (χ1v) is 5.54. The summed E-state index contributed by atoms with van der Waals surface area (Å²) in [5.41, 5.74) is 2.59. The van der Waals surface area contributed by atoms with E-state index < -0.39 is 0 Å². The third-order valence-corrected chi connectivity index (χ3v) is 2.45. The molecule has 0 atom stereocenters. The molecule has 1 N–H and O–H groups in total. The molecule has 0 bridgehead atoms. The number of halogens is 1. The number of hydrogen-bond donors (Lipinski definition) is 1. The lowest BCUT2D eigenvalue weighted by molar-refractivity contribution is 0.627. The molecule has 0 saturated carbocycles. The van der Waals surface area contributed by atoms with Crippen LogP contribution in [-0.4, -0.2) is 16.5 Å². The summed E-state index contributed by atoms with van der Waals surface area (Å²) in [5.74, 6) is 0.362. The number of benzene rings is 1. The van der Waals surface area contributed by atoms with Gasteiger partial charge in [-0.05, 0) is 43.7 Å². The molecule has 0 spiro atoms. The summed E-state index contributed by atoms with van der Waals surface area (Å²) in [4.78, 5) is 8.48. The van der Waals surface area contributed by atoms with Crippen molar-refractivity contribution in [1.82, 2.24) is 9.97 Å². The van der Waals surface area contributed by atoms with Gasteiger partial charge in [-0.1, -0.05) is 0 Å². The number of rotatable bonds is 3. The number of anilines is 1. The lowest BCUT2D eigenvalue weighted by Crippen LogP contribution is -2.02. The summed E-state index contributed by atoms with van der Waals surface area (Å²) in [7, 11) is 0. The number of aryl methyl sites for hydroxylation is 1. The molecule has 1 aromatic carbocycles. The van der Waals surface area contributed by atoms with E-state index in [1.165, 1.54) is 12.1 Å². The van der Waals surface area contributed by atoms with Gasteiger partial charge in [0.1, 0.15) is 5.82 Å². The Morgan fingerprint density at radius 2 is 2.12 bits per heavy atom. The third kappa shape index (κ3) is 2.58. The van der Waals surface area contributed by atoms with Crippen LogP contribution in [0.1, 0.15) is 12.5 Å². The molecule has 0 radical (unpaired) electrons. The molecular formula is C13H14FN3. The molecule has 3 nitrogen and oxygen atoms in total. The Morgan fingerprint density at radius 3 is 2.82 bits per heavy atom. The second-order valence-electron chi connectivity index (χ2n) is 3.76. The fourth-order valence-electron chi connectivity index (χ4n) is 1.67. The van der Waals surface area contributed by atoms with E-state index in [4.69, 9.17) is 0 Å². The maximum atomic E-state index is 13.0. The summed E-state index contributed by atoms with van der Waals surface area (Å²) in [6.45, 7) is 4.62. The highest BCUT2D eigenvalue weighted by Crippen LogP contribution is 2.22. The quantitative estimate of drug-likeness (QED) is 0.882. The van der Waals surface area contributed by atoms with E-state index in [1.54, 1.807) is 12.3 Å². The average molecular weight is 231 g/mol. The molecular weight excluding hydrogens is 217 g/mol. The van der Waals surface area contributed by atoms with Crippen molar-refractivity contribution in [1.29, 1.82) is 0 Å². The Hall–Kier alpha value is -1.97. The van der Waals surface area contributed by atoms with E-state index in [2.05, 4.69) is 15.3 Å². The Kier molecular flexibility index (Phi) is 3.32. The highest BCUT2D eigenvalue weighted by Gasteiger charge is 2.05. The predicted octanol–water partition coefficient (Wildman–Crippen LogP) is 3.02. The molecule has 2 rings (SSSR count). The largest absolute Gasteiger partial charge is 0.354 e. The van der Waals surface area contributed by atoms with E-state index in [1.807, 2.05) is 19.9 Å². The van der Waals surface area contributed by atoms with Crippen molar-refractivity contribution in [3.05, 3.63) is 41.8 Å². The zero-order valence-electron chi connectivity index (χ0n) is 9.87. The number of nitrogens with zero attached hydrogens (tertiary/aromatic N) is 2. The van der Waals surface area contributed by atoms with Crippen LogP contribution >= 0.6 is 0 Å². The van der Waals surface area contributed by atoms with Crippen molar-refractivity contribution in [3.63, 3.8) is 0 Å². The molecule has 0 aliphatic rings. The van der Waals surface area contributed by atoms with Gasteiger partial charge in [-0.15, -0.1) is 0 Å². The first kappa shape index (κ1) is 11.5. The molecule has 0 aliphatic heterocycles. The van der Waals surface area contributed by atoms with Crippen LogP contribution in [0.15, 0.2) is 30.5 Å². The monoisotopic (exact) mass is 231 g/mol. The van der Waals surface area contributed by atoms with Crippen LogP contribution in [-0.2, 0) is 0 Å². The second-order valence-corrected chi connectivity index (χ2v) is 3.76. The van der Waals surface area contributed by atoms with E-state index in [0.29, 0.717) is 5.95 Å². The van der Waals surface area contributed by atoms with E-state index >= 15 is 0 Å². The highest BCUT2D eigenvalue weighted by atomic mass is 19.1. The molecule has 17 heavy (non-hydrogen) atoms. The number of aromatic nitrogens is 2. The molecule has 0 aliphatic carbocycles. The summed E-state index contributed by atoms with van der Waals surface area (Å²) < 4.78 is 13.0. The van der Waals surface area contributed by atoms with Crippen LogP contribution in [0.4, 0.5) is 10.3 Å². The smallest absolute Gasteiger partial charge is 0.223 e. The Labute approximate surface area is 99.7 Å². The minimum atomic E-state index is -0.229. The van der Waals surface area contributed by atoms with Crippen molar-refractivity contribution in [2.45, 2.75) is 13.8 Å². The summed E-state index contributed by atoms with van der Waals surface area (Å²) >= 11 is 0. The van der Waals surface area contributed by atoms with Gasteiger partial charge in [0.05, 0.1) is 5.69 Å². The van der Waals surface area contributed by atoms with Crippen molar-refractivity contribution >= 4 is 5.95 Å². The minimum absolute atomic E-state index is 0.229. The van der Waals surface area contributed by atoms with Crippen molar-refractivity contribution in [2.75, 3.05) is 11.9 Å². The van der Waals surface area contributed by atoms with Crippen molar-refractivity contribution in [3.8, 4) is 11.3 Å². The van der Waals surface area contributed by atoms with E-state index in [-0.39, 0.29) is 5.82 Å². The Bertz CT molecular complexity index is 526. The van der Waals surface area contributed by atoms with Crippen LogP contribution in [0.5, 0.6) is 0 Å². The lowest BCUT2D eigenvalue weighted by atomic mass is 10.1. The second kappa shape index (κ2) is 4.91. The topological polar surface area (TPSA) is 37.8 Å². The summed E-state index contributed by atoms with van der Waals surface area (Å²) in [6.07, 6.45) is 1.70.